The molecule has 3 heteroatoms. The van der Waals surface area contributed by atoms with E-state index in [-0.39, 0.29) is 5.63 Å². The van der Waals surface area contributed by atoms with Crippen LogP contribution >= 0.6 is 0 Å². The smallest absolute Gasteiger partial charge is 0.339 e. The number of fused-ring (bicyclic) bond motifs is 1. The summed E-state index contributed by atoms with van der Waals surface area (Å²) < 4.78 is 10.5. The summed E-state index contributed by atoms with van der Waals surface area (Å²) in [7, 11) is 0. The standard InChI is InChI=1S/C12H12O3/c1-3-14-10-5-4-9-6-8(2)12(13)15-11(9)7-10/h4-7H,3H2,1-2H3. The van der Waals surface area contributed by atoms with Gasteiger partial charge in [-0.1, -0.05) is 0 Å². The van der Waals surface area contributed by atoms with Gasteiger partial charge in [0.2, 0.25) is 0 Å². The predicted octanol–water partition coefficient (Wildman–Crippen LogP) is 2.50. The van der Waals surface area contributed by atoms with E-state index in [1.165, 1.54) is 0 Å². The quantitative estimate of drug-likeness (QED) is 0.705. The lowest BCUT2D eigenvalue weighted by Gasteiger charge is -2.03. The molecule has 0 aliphatic rings. The van der Waals surface area contributed by atoms with Gasteiger partial charge in [-0.15, -0.1) is 0 Å². The molecule has 15 heavy (non-hydrogen) atoms. The van der Waals surface area contributed by atoms with Gasteiger partial charge in [-0.25, -0.2) is 4.79 Å². The highest BCUT2D eigenvalue weighted by atomic mass is 16.5. The van der Waals surface area contributed by atoms with Gasteiger partial charge in [-0.3, -0.25) is 0 Å². The minimum Gasteiger partial charge on any atom is -0.494 e. The second-order valence-electron chi connectivity index (χ2n) is 3.35. The van der Waals surface area contributed by atoms with Gasteiger partial charge in [0.1, 0.15) is 11.3 Å². The van der Waals surface area contributed by atoms with Crippen LogP contribution in [0.15, 0.2) is 33.5 Å². The third-order valence-electron chi connectivity index (χ3n) is 2.19. The molecule has 1 aromatic heterocycles. The molecular formula is C12H12O3. The summed E-state index contributed by atoms with van der Waals surface area (Å²) in [6.45, 7) is 4.25. The van der Waals surface area contributed by atoms with Gasteiger partial charge in [0, 0.05) is 17.0 Å². The van der Waals surface area contributed by atoms with E-state index in [2.05, 4.69) is 0 Å². The summed E-state index contributed by atoms with van der Waals surface area (Å²) in [6.07, 6.45) is 0. The van der Waals surface area contributed by atoms with Crippen LogP contribution in [0.1, 0.15) is 12.5 Å². The van der Waals surface area contributed by atoms with Crippen LogP contribution in [-0.2, 0) is 0 Å². The van der Waals surface area contributed by atoms with Crippen molar-refractivity contribution in [3.63, 3.8) is 0 Å². The molecule has 0 unspecified atom stereocenters. The van der Waals surface area contributed by atoms with Crippen LogP contribution in [0, 0.1) is 6.92 Å². The molecule has 2 rings (SSSR count). The highest BCUT2D eigenvalue weighted by Crippen LogP contribution is 2.20. The van der Waals surface area contributed by atoms with Crippen molar-refractivity contribution < 1.29 is 9.15 Å². The molecule has 0 bridgehead atoms. The third-order valence-corrected chi connectivity index (χ3v) is 2.19. The summed E-state index contributed by atoms with van der Waals surface area (Å²) in [5, 5.41) is 0.913. The first-order valence-corrected chi connectivity index (χ1v) is 4.88. The normalized spacial score (nSPS) is 10.5. The lowest BCUT2D eigenvalue weighted by Crippen LogP contribution is -2.02. The van der Waals surface area contributed by atoms with Crippen molar-refractivity contribution in [2.24, 2.45) is 0 Å². The minimum absolute atomic E-state index is 0.295. The van der Waals surface area contributed by atoms with Crippen LogP contribution in [0.2, 0.25) is 0 Å². The Bertz CT molecular complexity index is 540. The minimum atomic E-state index is -0.295. The molecule has 0 saturated heterocycles. The van der Waals surface area contributed by atoms with E-state index in [1.807, 2.05) is 25.1 Å². The van der Waals surface area contributed by atoms with E-state index in [9.17, 15) is 4.79 Å². The zero-order valence-corrected chi connectivity index (χ0v) is 8.74. The summed E-state index contributed by atoms with van der Waals surface area (Å²) in [6, 6.07) is 7.30. The fourth-order valence-corrected chi connectivity index (χ4v) is 1.45. The van der Waals surface area contributed by atoms with Gasteiger partial charge in [0.15, 0.2) is 0 Å². The van der Waals surface area contributed by atoms with E-state index in [1.54, 1.807) is 13.0 Å². The van der Waals surface area contributed by atoms with Crippen LogP contribution in [0.4, 0.5) is 0 Å². The second kappa shape index (κ2) is 3.77. The van der Waals surface area contributed by atoms with Crippen molar-refractivity contribution in [3.8, 4) is 5.75 Å². The Morgan fingerprint density at radius 2 is 2.13 bits per heavy atom. The number of benzene rings is 1. The summed E-state index contributed by atoms with van der Waals surface area (Å²) in [4.78, 5) is 11.3. The zero-order chi connectivity index (χ0) is 10.8. The van der Waals surface area contributed by atoms with E-state index >= 15 is 0 Å². The maximum atomic E-state index is 11.3. The van der Waals surface area contributed by atoms with Crippen molar-refractivity contribution >= 4 is 11.0 Å². The topological polar surface area (TPSA) is 39.4 Å². The zero-order valence-electron chi connectivity index (χ0n) is 8.74. The number of hydrogen-bond donors (Lipinski definition) is 0. The maximum absolute atomic E-state index is 11.3. The molecule has 0 aliphatic carbocycles. The molecule has 0 spiro atoms. The maximum Gasteiger partial charge on any atom is 0.339 e. The number of aryl methyl sites for hydroxylation is 1. The van der Waals surface area contributed by atoms with Crippen molar-refractivity contribution in [2.45, 2.75) is 13.8 Å². The average Bonchev–Trinajstić information content (AvgIpc) is 2.21. The fraction of sp³-hybridized carbons (Fsp3) is 0.250. The predicted molar refractivity (Wildman–Crippen MR) is 58.4 cm³/mol. The molecule has 0 aliphatic heterocycles. The Kier molecular flexibility index (Phi) is 2.46. The van der Waals surface area contributed by atoms with Gasteiger partial charge in [0.05, 0.1) is 6.61 Å². The van der Waals surface area contributed by atoms with Crippen molar-refractivity contribution in [2.75, 3.05) is 6.61 Å². The molecule has 0 atom stereocenters. The molecule has 0 N–H and O–H groups in total. The molecule has 0 saturated carbocycles. The first kappa shape index (κ1) is 9.77. The Morgan fingerprint density at radius 3 is 2.87 bits per heavy atom. The van der Waals surface area contributed by atoms with Crippen LogP contribution in [0.5, 0.6) is 5.75 Å². The first-order valence-electron chi connectivity index (χ1n) is 4.88. The van der Waals surface area contributed by atoms with E-state index in [0.717, 1.165) is 11.1 Å². The fourth-order valence-electron chi connectivity index (χ4n) is 1.45. The summed E-state index contributed by atoms with van der Waals surface area (Å²) >= 11 is 0. The van der Waals surface area contributed by atoms with Crippen molar-refractivity contribution in [1.29, 1.82) is 0 Å². The largest absolute Gasteiger partial charge is 0.494 e. The molecular weight excluding hydrogens is 192 g/mol. The van der Waals surface area contributed by atoms with Gasteiger partial charge in [-0.05, 0) is 32.0 Å². The highest BCUT2D eigenvalue weighted by Gasteiger charge is 2.02. The van der Waals surface area contributed by atoms with Crippen LogP contribution in [-0.4, -0.2) is 6.61 Å². The average molecular weight is 204 g/mol. The lowest BCUT2D eigenvalue weighted by atomic mass is 10.2. The molecule has 0 fully saturated rings. The number of hydrogen-bond acceptors (Lipinski definition) is 3. The molecule has 0 amide bonds. The first-order chi connectivity index (χ1) is 7.20. The lowest BCUT2D eigenvalue weighted by molar-refractivity contribution is 0.340. The summed E-state index contributed by atoms with van der Waals surface area (Å²) in [5.41, 5.74) is 0.888. The van der Waals surface area contributed by atoms with Gasteiger partial charge >= 0.3 is 5.63 Å². The van der Waals surface area contributed by atoms with Gasteiger partial charge in [-0.2, -0.15) is 0 Å². The SMILES string of the molecule is CCOc1ccc2cc(C)c(=O)oc2c1. The second-order valence-corrected chi connectivity index (χ2v) is 3.35. The number of rotatable bonds is 2. The van der Waals surface area contributed by atoms with E-state index in [4.69, 9.17) is 9.15 Å². The molecule has 1 aromatic carbocycles. The molecule has 0 radical (unpaired) electrons. The monoisotopic (exact) mass is 204 g/mol. The molecule has 3 nitrogen and oxygen atoms in total. The van der Waals surface area contributed by atoms with E-state index < -0.39 is 0 Å². The van der Waals surface area contributed by atoms with Crippen molar-refractivity contribution in [1.82, 2.24) is 0 Å². The van der Waals surface area contributed by atoms with E-state index in [0.29, 0.717) is 17.8 Å². The summed E-state index contributed by atoms with van der Waals surface area (Å²) in [5.74, 6) is 0.719. The molecule has 1 heterocycles. The Balaban J connectivity index is 2.61. The Hall–Kier alpha value is -1.77. The van der Waals surface area contributed by atoms with Gasteiger partial charge in [0.25, 0.3) is 0 Å². The van der Waals surface area contributed by atoms with Crippen LogP contribution < -0.4 is 10.4 Å². The van der Waals surface area contributed by atoms with Crippen molar-refractivity contribution in [3.05, 3.63) is 40.2 Å². The third kappa shape index (κ3) is 1.86. The van der Waals surface area contributed by atoms with Crippen LogP contribution in [0.25, 0.3) is 11.0 Å². The molecule has 78 valence electrons. The van der Waals surface area contributed by atoms with Gasteiger partial charge < -0.3 is 9.15 Å². The Morgan fingerprint density at radius 1 is 1.33 bits per heavy atom. The number of ether oxygens (including phenoxy) is 1. The van der Waals surface area contributed by atoms with Crippen LogP contribution in [0.3, 0.4) is 0 Å². The molecule has 2 aromatic rings. The Labute approximate surface area is 87.3 Å². The highest BCUT2D eigenvalue weighted by molar-refractivity contribution is 5.78.